The van der Waals surface area contributed by atoms with Gasteiger partial charge in [-0.2, -0.15) is 4.52 Å². The summed E-state index contributed by atoms with van der Waals surface area (Å²) in [4.78, 5) is 7.65. The van der Waals surface area contributed by atoms with Crippen molar-refractivity contribution in [3.63, 3.8) is 0 Å². The van der Waals surface area contributed by atoms with Crippen molar-refractivity contribution in [1.82, 2.24) is 14.6 Å². The lowest BCUT2D eigenvalue weighted by atomic mass is 9.89. The van der Waals surface area contributed by atoms with Gasteiger partial charge in [-0.3, -0.25) is 0 Å². The van der Waals surface area contributed by atoms with Crippen molar-refractivity contribution >= 4 is 16.3 Å². The van der Waals surface area contributed by atoms with Gasteiger partial charge in [0.1, 0.15) is 16.5 Å². The van der Waals surface area contributed by atoms with Gasteiger partial charge in [0.25, 0.3) is 0 Å². The maximum atomic E-state index is 11.0. The van der Waals surface area contributed by atoms with E-state index in [4.69, 9.17) is 4.74 Å². The minimum Gasteiger partial charge on any atom is -0.494 e. The number of ether oxygens (including phenoxy) is 1. The Morgan fingerprint density at radius 2 is 1.93 bits per heavy atom. The maximum absolute atomic E-state index is 11.0. The van der Waals surface area contributed by atoms with E-state index in [-0.39, 0.29) is 11.9 Å². The molecule has 0 bridgehead atoms. The number of aromatic nitrogens is 3. The summed E-state index contributed by atoms with van der Waals surface area (Å²) in [5.74, 6) is 3.10. The Labute approximate surface area is 169 Å². The second kappa shape index (κ2) is 7.72. The minimum atomic E-state index is 0.0645. The molecule has 3 aromatic rings. The van der Waals surface area contributed by atoms with E-state index in [9.17, 15) is 5.11 Å². The number of nitrogens with one attached hydrogen (secondary N) is 1. The van der Waals surface area contributed by atoms with Crippen molar-refractivity contribution in [2.24, 2.45) is 11.8 Å². The van der Waals surface area contributed by atoms with E-state index in [0.29, 0.717) is 24.3 Å². The molecular formula is C21H29N4O2S+. The first-order chi connectivity index (χ1) is 13.5. The SMILES string of the molecule is CCOc1ccc([C@@H](c2sc3nc(C)nn3c2O)[NH+]2C[C@H](C)C[C@H](C)C2)cc1. The van der Waals surface area contributed by atoms with E-state index in [1.54, 1.807) is 15.9 Å². The smallest absolute Gasteiger partial charge is 0.235 e. The van der Waals surface area contributed by atoms with Gasteiger partial charge in [-0.15, -0.1) is 5.10 Å². The van der Waals surface area contributed by atoms with Crippen LogP contribution in [-0.4, -0.2) is 39.4 Å². The van der Waals surface area contributed by atoms with Crippen LogP contribution in [0.25, 0.3) is 4.96 Å². The molecule has 1 unspecified atom stereocenters. The first-order valence-electron chi connectivity index (χ1n) is 10.1. The Morgan fingerprint density at radius 3 is 2.54 bits per heavy atom. The van der Waals surface area contributed by atoms with Gasteiger partial charge < -0.3 is 14.7 Å². The first kappa shape index (κ1) is 19.2. The molecule has 0 amide bonds. The highest BCUT2D eigenvalue weighted by Gasteiger charge is 2.37. The number of hydrogen-bond acceptors (Lipinski definition) is 5. The number of aromatic hydroxyl groups is 1. The summed E-state index contributed by atoms with van der Waals surface area (Å²) < 4.78 is 7.20. The van der Waals surface area contributed by atoms with E-state index >= 15 is 0 Å². The van der Waals surface area contributed by atoms with Gasteiger partial charge >= 0.3 is 0 Å². The van der Waals surface area contributed by atoms with Crippen LogP contribution in [0.15, 0.2) is 24.3 Å². The van der Waals surface area contributed by atoms with Gasteiger partial charge in [-0.05, 0) is 44.5 Å². The number of fused-ring (bicyclic) bond motifs is 1. The monoisotopic (exact) mass is 401 g/mol. The summed E-state index contributed by atoms with van der Waals surface area (Å²) in [5, 5.41) is 15.3. The van der Waals surface area contributed by atoms with Crippen molar-refractivity contribution in [2.45, 2.75) is 40.2 Å². The number of hydrogen-bond donors (Lipinski definition) is 2. The van der Waals surface area contributed by atoms with E-state index < -0.39 is 0 Å². The highest BCUT2D eigenvalue weighted by molar-refractivity contribution is 7.17. The lowest BCUT2D eigenvalue weighted by molar-refractivity contribution is -0.936. The Kier molecular flexibility index (Phi) is 5.29. The summed E-state index contributed by atoms with van der Waals surface area (Å²) in [6, 6.07) is 8.38. The maximum Gasteiger partial charge on any atom is 0.235 e. The number of piperidine rings is 1. The summed E-state index contributed by atoms with van der Waals surface area (Å²) in [6.45, 7) is 11.3. The molecule has 3 heterocycles. The molecule has 28 heavy (non-hydrogen) atoms. The molecule has 0 aliphatic carbocycles. The molecule has 7 heteroatoms. The predicted octanol–water partition coefficient (Wildman–Crippen LogP) is 2.85. The second-order valence-electron chi connectivity index (χ2n) is 8.09. The lowest BCUT2D eigenvalue weighted by Gasteiger charge is -2.37. The number of benzene rings is 1. The molecule has 2 aromatic heterocycles. The average Bonchev–Trinajstić information content (AvgIpc) is 3.14. The number of thiazole rings is 1. The van der Waals surface area contributed by atoms with E-state index in [1.165, 1.54) is 16.9 Å². The molecule has 2 N–H and O–H groups in total. The third-order valence-corrected chi connectivity index (χ3v) is 6.61. The molecule has 1 aromatic carbocycles. The molecular weight excluding hydrogens is 372 g/mol. The van der Waals surface area contributed by atoms with Gasteiger partial charge in [0.2, 0.25) is 10.8 Å². The number of quaternary nitrogens is 1. The van der Waals surface area contributed by atoms with Crippen molar-refractivity contribution in [3.05, 3.63) is 40.5 Å². The van der Waals surface area contributed by atoms with E-state index in [1.807, 2.05) is 26.0 Å². The number of nitrogens with zero attached hydrogens (tertiary/aromatic N) is 3. The van der Waals surface area contributed by atoms with Crippen LogP contribution in [0.2, 0.25) is 0 Å². The first-order valence-corrected chi connectivity index (χ1v) is 10.9. The standard InChI is InChI=1S/C21H28N4O2S/c1-5-27-17-8-6-16(7-9-17)18(24-11-13(2)10-14(3)12-24)19-20(26)25-21(28-19)22-15(4)23-25/h6-9,13-14,18,26H,5,10-12H2,1-4H3/p+1/t13-,14+,18-/m0/s1. The molecule has 4 atom stereocenters. The Balaban J connectivity index is 1.78. The third-order valence-electron chi connectivity index (χ3n) is 5.53. The van der Waals surface area contributed by atoms with Crippen LogP contribution in [0.4, 0.5) is 0 Å². The second-order valence-corrected chi connectivity index (χ2v) is 9.10. The van der Waals surface area contributed by atoms with Crippen LogP contribution < -0.4 is 9.64 Å². The van der Waals surface area contributed by atoms with Gasteiger partial charge in [0.15, 0.2) is 6.04 Å². The summed E-state index contributed by atoms with van der Waals surface area (Å²) in [7, 11) is 0. The predicted molar refractivity (Wildman–Crippen MR) is 110 cm³/mol. The normalized spacial score (nSPS) is 23.8. The fourth-order valence-corrected chi connectivity index (χ4v) is 5.79. The molecule has 1 aliphatic heterocycles. The summed E-state index contributed by atoms with van der Waals surface area (Å²) >= 11 is 1.55. The zero-order valence-corrected chi connectivity index (χ0v) is 17.8. The number of rotatable bonds is 5. The van der Waals surface area contributed by atoms with Crippen LogP contribution in [0, 0.1) is 18.8 Å². The number of aryl methyl sites for hydroxylation is 1. The van der Waals surface area contributed by atoms with Crippen LogP contribution in [-0.2, 0) is 0 Å². The van der Waals surface area contributed by atoms with Crippen molar-refractivity contribution in [3.8, 4) is 11.6 Å². The topological polar surface area (TPSA) is 64.1 Å². The van der Waals surface area contributed by atoms with Crippen molar-refractivity contribution in [1.29, 1.82) is 0 Å². The van der Waals surface area contributed by atoms with Gasteiger partial charge in [-0.1, -0.05) is 25.2 Å². The van der Waals surface area contributed by atoms with Crippen molar-refractivity contribution in [2.75, 3.05) is 19.7 Å². The molecule has 6 nitrogen and oxygen atoms in total. The molecule has 150 valence electrons. The molecule has 1 aliphatic rings. The zero-order chi connectivity index (χ0) is 19.8. The van der Waals surface area contributed by atoms with Crippen LogP contribution in [0.1, 0.15) is 49.5 Å². The van der Waals surface area contributed by atoms with Crippen LogP contribution in [0.5, 0.6) is 11.6 Å². The molecule has 4 rings (SSSR count). The van der Waals surface area contributed by atoms with Crippen LogP contribution in [0.3, 0.4) is 0 Å². The Bertz CT molecular complexity index is 939. The minimum absolute atomic E-state index is 0.0645. The highest BCUT2D eigenvalue weighted by atomic mass is 32.1. The largest absolute Gasteiger partial charge is 0.494 e. The third kappa shape index (κ3) is 3.61. The fraction of sp³-hybridized carbons (Fsp3) is 0.524. The van der Waals surface area contributed by atoms with E-state index in [0.717, 1.165) is 28.7 Å². The van der Waals surface area contributed by atoms with E-state index in [2.05, 4.69) is 36.1 Å². The summed E-state index contributed by atoms with van der Waals surface area (Å²) in [5.41, 5.74) is 1.19. The molecule has 0 spiro atoms. The Morgan fingerprint density at radius 1 is 1.25 bits per heavy atom. The quantitative estimate of drug-likeness (QED) is 0.690. The van der Waals surface area contributed by atoms with Gasteiger partial charge in [0, 0.05) is 17.4 Å². The molecule has 1 fully saturated rings. The highest BCUT2D eigenvalue weighted by Crippen LogP contribution is 2.36. The number of likely N-dealkylation sites (tertiary alicyclic amines) is 1. The van der Waals surface area contributed by atoms with Crippen LogP contribution >= 0.6 is 11.3 Å². The Hall–Kier alpha value is -2.12. The molecule has 0 saturated carbocycles. The molecule has 0 radical (unpaired) electrons. The fourth-order valence-electron chi connectivity index (χ4n) is 4.60. The van der Waals surface area contributed by atoms with Gasteiger partial charge in [-0.25, -0.2) is 4.98 Å². The average molecular weight is 402 g/mol. The lowest BCUT2D eigenvalue weighted by Crippen LogP contribution is -3.14. The zero-order valence-electron chi connectivity index (χ0n) is 17.0. The van der Waals surface area contributed by atoms with Gasteiger partial charge in [0.05, 0.1) is 19.7 Å². The molecule has 1 saturated heterocycles. The summed E-state index contributed by atoms with van der Waals surface area (Å²) in [6.07, 6.45) is 1.26. The van der Waals surface area contributed by atoms with Crippen molar-refractivity contribution < 1.29 is 14.7 Å².